The molecule has 7 nitrogen and oxygen atoms in total. The van der Waals surface area contributed by atoms with E-state index in [2.05, 4.69) is 27.3 Å². The standard InChI is InChI=1S/C20H18ClN5O2/c1-12-17(19(27)25-15-8-3-4-9-16(15)28-2)18(13-6-5-7-14(21)10-13)26-20(24-12)22-11-23-26/h3-11,17-18H,1H2,2H3,(H,25,27)(H,22,23,24). The average molecular weight is 396 g/mol. The van der Waals surface area contributed by atoms with Crippen molar-refractivity contribution in [1.29, 1.82) is 0 Å². The van der Waals surface area contributed by atoms with E-state index in [0.717, 1.165) is 5.56 Å². The second-order valence-corrected chi connectivity index (χ2v) is 6.78. The van der Waals surface area contributed by atoms with Gasteiger partial charge in [-0.15, -0.1) is 0 Å². The highest BCUT2D eigenvalue weighted by Gasteiger charge is 2.39. The zero-order valence-electron chi connectivity index (χ0n) is 15.1. The van der Waals surface area contributed by atoms with E-state index in [4.69, 9.17) is 16.3 Å². The number of rotatable bonds is 4. The maximum atomic E-state index is 13.3. The Hall–Kier alpha value is -3.32. The van der Waals surface area contributed by atoms with Crippen LogP contribution in [-0.4, -0.2) is 27.8 Å². The number of nitrogens with zero attached hydrogens (tertiary/aromatic N) is 3. The Labute approximate surface area is 167 Å². The van der Waals surface area contributed by atoms with Gasteiger partial charge < -0.3 is 15.4 Å². The van der Waals surface area contributed by atoms with Crippen molar-refractivity contribution in [2.45, 2.75) is 6.04 Å². The van der Waals surface area contributed by atoms with Crippen LogP contribution < -0.4 is 15.4 Å². The lowest BCUT2D eigenvalue weighted by atomic mass is 9.88. The molecule has 2 unspecified atom stereocenters. The maximum absolute atomic E-state index is 13.3. The summed E-state index contributed by atoms with van der Waals surface area (Å²) >= 11 is 6.20. The number of hydrogen-bond donors (Lipinski definition) is 2. The monoisotopic (exact) mass is 395 g/mol. The minimum Gasteiger partial charge on any atom is -0.495 e. The molecule has 0 saturated heterocycles. The summed E-state index contributed by atoms with van der Waals surface area (Å²) in [6, 6.07) is 14.1. The Balaban J connectivity index is 1.75. The van der Waals surface area contributed by atoms with Crippen molar-refractivity contribution >= 4 is 29.1 Å². The van der Waals surface area contributed by atoms with Gasteiger partial charge in [-0.25, -0.2) is 4.68 Å². The molecule has 0 fully saturated rings. The summed E-state index contributed by atoms with van der Waals surface area (Å²) < 4.78 is 7.01. The summed E-state index contributed by atoms with van der Waals surface area (Å²) in [5, 5.41) is 10.9. The van der Waals surface area contributed by atoms with E-state index in [-0.39, 0.29) is 5.91 Å². The van der Waals surface area contributed by atoms with Crippen LogP contribution in [0.2, 0.25) is 5.02 Å². The van der Waals surface area contributed by atoms with Gasteiger partial charge in [0.1, 0.15) is 18.0 Å². The molecular formula is C20H18ClN5O2. The highest BCUT2D eigenvalue weighted by atomic mass is 35.5. The Morgan fingerprint density at radius 1 is 1.29 bits per heavy atom. The predicted molar refractivity (Wildman–Crippen MR) is 107 cm³/mol. The van der Waals surface area contributed by atoms with Gasteiger partial charge in [0.2, 0.25) is 11.9 Å². The molecule has 1 aliphatic heterocycles. The molecule has 2 N–H and O–H groups in total. The minimum absolute atomic E-state index is 0.242. The number of benzene rings is 2. The molecule has 142 valence electrons. The molecule has 0 spiro atoms. The molecule has 1 aliphatic rings. The van der Waals surface area contributed by atoms with Crippen LogP contribution in [0.5, 0.6) is 5.75 Å². The second-order valence-electron chi connectivity index (χ2n) is 6.35. The molecule has 2 atom stereocenters. The molecule has 0 radical (unpaired) electrons. The number of ether oxygens (including phenoxy) is 1. The van der Waals surface area contributed by atoms with Crippen molar-refractivity contribution in [3.63, 3.8) is 0 Å². The van der Waals surface area contributed by atoms with Crippen LogP contribution in [0.1, 0.15) is 11.6 Å². The Kier molecular flexibility index (Phi) is 4.75. The summed E-state index contributed by atoms with van der Waals surface area (Å²) in [5.74, 6) is 0.216. The van der Waals surface area contributed by atoms with Gasteiger partial charge in [-0.2, -0.15) is 10.1 Å². The van der Waals surface area contributed by atoms with Crippen molar-refractivity contribution in [3.05, 3.63) is 77.7 Å². The van der Waals surface area contributed by atoms with Gasteiger partial charge in [0.25, 0.3) is 0 Å². The first kappa shape index (κ1) is 18.1. The molecule has 0 bridgehead atoms. The van der Waals surface area contributed by atoms with Crippen LogP contribution in [0.25, 0.3) is 0 Å². The molecule has 1 aromatic heterocycles. The fraction of sp³-hybridized carbons (Fsp3) is 0.150. The lowest BCUT2D eigenvalue weighted by Gasteiger charge is -2.34. The quantitative estimate of drug-likeness (QED) is 0.703. The lowest BCUT2D eigenvalue weighted by molar-refractivity contribution is -0.119. The number of amides is 1. The van der Waals surface area contributed by atoms with E-state index >= 15 is 0 Å². The number of para-hydroxylation sites is 2. The Morgan fingerprint density at radius 2 is 2.11 bits per heavy atom. The van der Waals surface area contributed by atoms with Crippen LogP contribution in [0.3, 0.4) is 0 Å². The van der Waals surface area contributed by atoms with E-state index < -0.39 is 12.0 Å². The summed E-state index contributed by atoms with van der Waals surface area (Å²) in [6.07, 6.45) is 1.44. The van der Waals surface area contributed by atoms with Crippen LogP contribution >= 0.6 is 11.6 Å². The number of carbonyl (C=O) groups excluding carboxylic acids is 1. The van der Waals surface area contributed by atoms with E-state index in [1.54, 1.807) is 30.0 Å². The topological polar surface area (TPSA) is 81.1 Å². The zero-order valence-corrected chi connectivity index (χ0v) is 15.8. The van der Waals surface area contributed by atoms with Gasteiger partial charge in [0.05, 0.1) is 18.8 Å². The molecule has 2 aromatic carbocycles. The van der Waals surface area contributed by atoms with Crippen LogP contribution in [0.4, 0.5) is 11.6 Å². The van der Waals surface area contributed by atoms with E-state index in [0.29, 0.717) is 28.1 Å². The van der Waals surface area contributed by atoms with Crippen molar-refractivity contribution < 1.29 is 9.53 Å². The highest BCUT2D eigenvalue weighted by molar-refractivity contribution is 6.30. The number of hydrogen-bond acceptors (Lipinski definition) is 5. The van der Waals surface area contributed by atoms with E-state index in [1.807, 2.05) is 30.3 Å². The largest absolute Gasteiger partial charge is 0.495 e. The summed E-state index contributed by atoms with van der Waals surface area (Å²) in [6.45, 7) is 4.06. The molecule has 8 heteroatoms. The number of fused-ring (bicyclic) bond motifs is 1. The summed E-state index contributed by atoms with van der Waals surface area (Å²) in [4.78, 5) is 17.5. The highest BCUT2D eigenvalue weighted by Crippen LogP contribution is 2.38. The van der Waals surface area contributed by atoms with E-state index in [9.17, 15) is 4.79 Å². The second kappa shape index (κ2) is 7.36. The molecule has 0 saturated carbocycles. The number of aromatic nitrogens is 3. The number of anilines is 2. The van der Waals surface area contributed by atoms with Gasteiger partial charge >= 0.3 is 0 Å². The van der Waals surface area contributed by atoms with Crippen molar-refractivity contribution in [3.8, 4) is 5.75 Å². The third-order valence-electron chi connectivity index (χ3n) is 4.64. The normalized spacial score (nSPS) is 18.1. The predicted octanol–water partition coefficient (Wildman–Crippen LogP) is 3.72. The molecule has 1 amide bonds. The first-order valence-electron chi connectivity index (χ1n) is 8.63. The smallest absolute Gasteiger partial charge is 0.236 e. The SMILES string of the molecule is C=C1Nc2ncnn2C(c2cccc(Cl)c2)C1C(=O)Nc1ccccc1OC. The summed E-state index contributed by atoms with van der Waals surface area (Å²) in [7, 11) is 1.56. The number of carbonyl (C=O) groups is 1. The van der Waals surface area contributed by atoms with Gasteiger partial charge in [0.15, 0.2) is 0 Å². The van der Waals surface area contributed by atoms with Crippen LogP contribution in [-0.2, 0) is 4.79 Å². The molecule has 2 heterocycles. The molecule has 4 rings (SSSR count). The number of nitrogens with one attached hydrogen (secondary N) is 2. The van der Waals surface area contributed by atoms with Gasteiger partial charge in [-0.05, 0) is 29.8 Å². The zero-order chi connectivity index (χ0) is 19.7. The third-order valence-corrected chi connectivity index (χ3v) is 4.87. The van der Waals surface area contributed by atoms with Crippen molar-refractivity contribution in [1.82, 2.24) is 14.8 Å². The van der Waals surface area contributed by atoms with Crippen LogP contribution in [0.15, 0.2) is 67.1 Å². The molecule has 0 aliphatic carbocycles. The number of halogens is 1. The van der Waals surface area contributed by atoms with Crippen molar-refractivity contribution in [2.75, 3.05) is 17.7 Å². The van der Waals surface area contributed by atoms with Gasteiger partial charge in [0, 0.05) is 10.7 Å². The molecule has 3 aromatic rings. The summed E-state index contributed by atoms with van der Waals surface area (Å²) in [5.41, 5.74) is 1.94. The fourth-order valence-electron chi connectivity index (χ4n) is 3.38. The minimum atomic E-state index is -0.641. The number of methoxy groups -OCH3 is 1. The fourth-order valence-corrected chi connectivity index (χ4v) is 3.58. The molecule has 28 heavy (non-hydrogen) atoms. The Morgan fingerprint density at radius 3 is 2.89 bits per heavy atom. The first-order valence-corrected chi connectivity index (χ1v) is 9.01. The Bertz CT molecular complexity index is 1050. The van der Waals surface area contributed by atoms with Crippen LogP contribution in [0, 0.1) is 5.92 Å². The van der Waals surface area contributed by atoms with Gasteiger partial charge in [-0.1, -0.05) is 42.4 Å². The third kappa shape index (κ3) is 3.20. The maximum Gasteiger partial charge on any atom is 0.236 e. The van der Waals surface area contributed by atoms with Crippen molar-refractivity contribution in [2.24, 2.45) is 5.92 Å². The van der Waals surface area contributed by atoms with Gasteiger partial charge in [-0.3, -0.25) is 4.79 Å². The average Bonchev–Trinajstić information content (AvgIpc) is 3.15. The molecular weight excluding hydrogens is 378 g/mol. The van der Waals surface area contributed by atoms with E-state index in [1.165, 1.54) is 6.33 Å². The first-order chi connectivity index (χ1) is 13.6. The lowest BCUT2D eigenvalue weighted by Crippen LogP contribution is -2.39.